The molecule has 1 atom stereocenters. The van der Waals surface area contributed by atoms with Crippen molar-refractivity contribution in [3.05, 3.63) is 87.4 Å². The van der Waals surface area contributed by atoms with Gasteiger partial charge in [-0.25, -0.2) is 8.42 Å². The lowest BCUT2D eigenvalue weighted by atomic mass is 9.98. The Hall–Kier alpha value is -2.95. The summed E-state index contributed by atoms with van der Waals surface area (Å²) in [5.41, 5.74) is 5.28. The third kappa shape index (κ3) is 8.02. The topological polar surface area (TPSA) is 95.7 Å². The number of esters is 1. The van der Waals surface area contributed by atoms with Crippen LogP contribution in [0.25, 0.3) is 0 Å². The molecule has 1 unspecified atom stereocenters. The number of sulfone groups is 1. The molecule has 0 bridgehead atoms. The van der Waals surface area contributed by atoms with E-state index >= 15 is 0 Å². The second kappa shape index (κ2) is 11.6. The fourth-order valence-corrected chi connectivity index (χ4v) is 5.73. The lowest BCUT2D eigenvalue weighted by Crippen LogP contribution is -2.19. The molecule has 0 fully saturated rings. The van der Waals surface area contributed by atoms with Crippen molar-refractivity contribution in [1.82, 2.24) is 0 Å². The predicted molar refractivity (Wildman–Crippen MR) is 135 cm³/mol. The number of carbonyl (C=O) groups is 1. The molecule has 0 aliphatic heterocycles. The largest absolute Gasteiger partial charge is 0.489 e. The quantitative estimate of drug-likeness (QED) is 0.238. The summed E-state index contributed by atoms with van der Waals surface area (Å²) >= 11 is 12.1. The molecule has 0 saturated carbocycles. The Kier molecular flexibility index (Phi) is 8.99. The van der Waals surface area contributed by atoms with Gasteiger partial charge in [0.05, 0.1) is 29.7 Å². The highest BCUT2D eigenvalue weighted by molar-refractivity contribution is 7.91. The molecule has 0 saturated heterocycles. The zero-order valence-corrected chi connectivity index (χ0v) is 21.7. The molecule has 0 radical (unpaired) electrons. The van der Waals surface area contributed by atoms with Gasteiger partial charge < -0.3 is 15.2 Å². The molecular formula is C25H22Cl2F3NO5S. The Labute approximate surface area is 222 Å². The highest BCUT2D eigenvalue weighted by Gasteiger charge is 2.31. The minimum Gasteiger partial charge on any atom is -0.489 e. The van der Waals surface area contributed by atoms with E-state index in [-0.39, 0.29) is 34.9 Å². The van der Waals surface area contributed by atoms with Crippen molar-refractivity contribution in [2.45, 2.75) is 30.0 Å². The average molecular weight is 576 g/mol. The van der Waals surface area contributed by atoms with Gasteiger partial charge in [0.1, 0.15) is 12.4 Å². The van der Waals surface area contributed by atoms with E-state index in [1.807, 2.05) is 0 Å². The van der Waals surface area contributed by atoms with Crippen LogP contribution < -0.4 is 10.5 Å². The fraction of sp³-hybridized carbons (Fsp3) is 0.240. The lowest BCUT2D eigenvalue weighted by Gasteiger charge is -2.17. The lowest BCUT2D eigenvalue weighted by molar-refractivity contribution is -0.141. The van der Waals surface area contributed by atoms with Crippen molar-refractivity contribution < 1.29 is 35.9 Å². The van der Waals surface area contributed by atoms with Crippen molar-refractivity contribution in [1.29, 1.82) is 0 Å². The van der Waals surface area contributed by atoms with Gasteiger partial charge in [-0.05, 0) is 71.8 Å². The standard InChI is InChI=1S/C25H22Cl2F3NO5S/c1-35-24(32)10-17(16-8-19(26)12-20(27)9-16)14-37(33,34)23-4-2-22(3-5-23)36-13-15-6-18(25(28,29)30)11-21(31)7-15/h2-9,11-12,17H,10,13-14,31H2,1H3. The van der Waals surface area contributed by atoms with Crippen LogP contribution in [0.4, 0.5) is 18.9 Å². The monoisotopic (exact) mass is 575 g/mol. The molecule has 0 heterocycles. The van der Waals surface area contributed by atoms with E-state index in [9.17, 15) is 26.4 Å². The molecule has 0 aliphatic rings. The Morgan fingerprint density at radius 3 is 2.19 bits per heavy atom. The van der Waals surface area contributed by atoms with Crippen molar-refractivity contribution >= 4 is 44.7 Å². The highest BCUT2D eigenvalue weighted by Crippen LogP contribution is 2.32. The van der Waals surface area contributed by atoms with Gasteiger partial charge in [0.15, 0.2) is 9.84 Å². The van der Waals surface area contributed by atoms with E-state index < -0.39 is 39.2 Å². The Bertz CT molecular complexity index is 1360. The predicted octanol–water partition coefficient (Wildman–Crippen LogP) is 6.29. The first-order chi connectivity index (χ1) is 17.3. The summed E-state index contributed by atoms with van der Waals surface area (Å²) in [5, 5.41) is 0.581. The van der Waals surface area contributed by atoms with E-state index in [4.69, 9.17) is 38.4 Å². The zero-order valence-electron chi connectivity index (χ0n) is 19.4. The first-order valence-electron chi connectivity index (χ1n) is 10.7. The van der Waals surface area contributed by atoms with Crippen LogP contribution in [0.2, 0.25) is 10.0 Å². The third-order valence-electron chi connectivity index (χ3n) is 5.35. The van der Waals surface area contributed by atoms with Crippen LogP contribution in [0, 0.1) is 0 Å². The Balaban J connectivity index is 1.76. The number of hydrogen-bond acceptors (Lipinski definition) is 6. The maximum absolute atomic E-state index is 13.1. The summed E-state index contributed by atoms with van der Waals surface area (Å²) in [4.78, 5) is 11.9. The molecule has 37 heavy (non-hydrogen) atoms. The van der Waals surface area contributed by atoms with Crippen molar-refractivity contribution in [3.63, 3.8) is 0 Å². The van der Waals surface area contributed by atoms with Gasteiger partial charge in [-0.15, -0.1) is 0 Å². The second-order valence-electron chi connectivity index (χ2n) is 8.18. The molecule has 3 aromatic carbocycles. The number of hydrogen-bond donors (Lipinski definition) is 1. The fourth-order valence-electron chi connectivity index (χ4n) is 3.60. The molecule has 0 aliphatic carbocycles. The molecule has 0 spiro atoms. The summed E-state index contributed by atoms with van der Waals surface area (Å²) in [6.45, 7) is -0.211. The number of rotatable bonds is 9. The van der Waals surface area contributed by atoms with Crippen LogP contribution in [0.15, 0.2) is 65.6 Å². The number of ether oxygens (including phenoxy) is 2. The summed E-state index contributed by atoms with van der Waals surface area (Å²) in [6, 6.07) is 13.1. The van der Waals surface area contributed by atoms with Crippen LogP contribution in [0.5, 0.6) is 5.75 Å². The second-order valence-corrected chi connectivity index (χ2v) is 11.1. The van der Waals surface area contributed by atoms with E-state index in [1.165, 1.54) is 55.6 Å². The van der Waals surface area contributed by atoms with Gasteiger partial charge in [-0.2, -0.15) is 13.2 Å². The smallest absolute Gasteiger partial charge is 0.416 e. The van der Waals surface area contributed by atoms with Gasteiger partial charge in [-0.1, -0.05) is 23.2 Å². The first-order valence-corrected chi connectivity index (χ1v) is 13.1. The molecule has 3 rings (SSSR count). The van der Waals surface area contributed by atoms with Crippen LogP contribution in [-0.2, 0) is 32.2 Å². The van der Waals surface area contributed by atoms with Gasteiger partial charge in [-0.3, -0.25) is 4.79 Å². The molecule has 0 aromatic heterocycles. The van der Waals surface area contributed by atoms with E-state index in [1.54, 1.807) is 0 Å². The maximum atomic E-state index is 13.1. The Morgan fingerprint density at radius 2 is 1.62 bits per heavy atom. The normalized spacial score (nSPS) is 12.7. The Morgan fingerprint density at radius 1 is 1.00 bits per heavy atom. The van der Waals surface area contributed by atoms with Crippen LogP contribution >= 0.6 is 23.2 Å². The summed E-state index contributed by atoms with van der Waals surface area (Å²) in [5.74, 6) is -1.57. The molecule has 198 valence electrons. The summed E-state index contributed by atoms with van der Waals surface area (Å²) in [7, 11) is -2.69. The number of nitrogen functional groups attached to an aromatic ring is 1. The van der Waals surface area contributed by atoms with Gasteiger partial charge in [0.2, 0.25) is 0 Å². The third-order valence-corrected chi connectivity index (χ3v) is 7.62. The minimum atomic E-state index is -4.55. The van der Waals surface area contributed by atoms with Crippen molar-refractivity contribution in [3.8, 4) is 5.75 Å². The molecular weight excluding hydrogens is 554 g/mol. The van der Waals surface area contributed by atoms with Crippen molar-refractivity contribution in [2.24, 2.45) is 0 Å². The first kappa shape index (κ1) is 28.6. The highest BCUT2D eigenvalue weighted by atomic mass is 35.5. The van der Waals surface area contributed by atoms with Gasteiger partial charge in [0.25, 0.3) is 0 Å². The van der Waals surface area contributed by atoms with Crippen molar-refractivity contribution in [2.75, 3.05) is 18.6 Å². The van der Waals surface area contributed by atoms with E-state index in [0.717, 1.165) is 12.1 Å². The van der Waals surface area contributed by atoms with E-state index in [0.29, 0.717) is 15.6 Å². The van der Waals surface area contributed by atoms with Gasteiger partial charge in [0, 0.05) is 21.7 Å². The summed E-state index contributed by atoms with van der Waals surface area (Å²) < 4.78 is 75.5. The molecule has 0 amide bonds. The van der Waals surface area contributed by atoms with Crippen LogP contribution in [0.3, 0.4) is 0 Å². The number of methoxy groups -OCH3 is 1. The molecule has 3 aromatic rings. The van der Waals surface area contributed by atoms with Crippen LogP contribution in [0.1, 0.15) is 29.0 Å². The molecule has 12 heteroatoms. The average Bonchev–Trinajstić information content (AvgIpc) is 2.81. The number of benzene rings is 3. The number of nitrogens with two attached hydrogens (primary N) is 1. The van der Waals surface area contributed by atoms with Crippen LogP contribution in [-0.4, -0.2) is 27.2 Å². The zero-order chi connectivity index (χ0) is 27.4. The number of carbonyl (C=O) groups excluding carboxylic acids is 1. The number of anilines is 1. The molecule has 6 nitrogen and oxygen atoms in total. The van der Waals surface area contributed by atoms with E-state index in [2.05, 4.69) is 0 Å². The molecule has 2 N–H and O–H groups in total. The minimum absolute atomic E-state index is 0.0360. The maximum Gasteiger partial charge on any atom is 0.416 e. The number of halogens is 5. The number of alkyl halides is 3. The summed E-state index contributed by atoms with van der Waals surface area (Å²) in [6.07, 6.45) is -4.77. The SMILES string of the molecule is COC(=O)CC(CS(=O)(=O)c1ccc(OCc2cc(N)cc(C(F)(F)F)c2)cc1)c1cc(Cl)cc(Cl)c1. The van der Waals surface area contributed by atoms with Gasteiger partial charge >= 0.3 is 12.1 Å².